The van der Waals surface area contributed by atoms with Crippen molar-refractivity contribution in [2.75, 3.05) is 12.8 Å². The number of halogens is 1. The Bertz CT molecular complexity index is 523. The minimum Gasteiger partial charge on any atom is -0.496 e. The van der Waals surface area contributed by atoms with Crippen molar-refractivity contribution in [2.45, 2.75) is 6.92 Å². The zero-order chi connectivity index (χ0) is 11.7. The lowest BCUT2D eigenvalue weighted by molar-refractivity contribution is 0.404. The molecular weight excluding hydrogens is 228 g/mol. The van der Waals surface area contributed by atoms with Crippen molar-refractivity contribution in [2.24, 2.45) is 0 Å². The number of nitrogens with two attached hydrogens (primary N) is 1. The predicted octanol–water partition coefficient (Wildman–Crippen LogP) is 2.89. The number of methoxy groups -OCH3 is 1. The van der Waals surface area contributed by atoms with Crippen LogP contribution in [-0.4, -0.2) is 12.3 Å². The topological polar surface area (TPSA) is 61.3 Å². The Morgan fingerprint density at radius 1 is 1.38 bits per heavy atom. The second-order valence-corrected chi connectivity index (χ2v) is 3.86. The number of benzene rings is 1. The third-order valence-electron chi connectivity index (χ3n) is 2.24. The van der Waals surface area contributed by atoms with E-state index in [1.165, 1.54) is 0 Å². The van der Waals surface area contributed by atoms with E-state index in [-0.39, 0.29) is 0 Å². The van der Waals surface area contributed by atoms with Crippen molar-refractivity contribution < 1.29 is 9.26 Å². The van der Waals surface area contributed by atoms with Crippen molar-refractivity contribution in [1.29, 1.82) is 0 Å². The zero-order valence-corrected chi connectivity index (χ0v) is 9.71. The van der Waals surface area contributed by atoms with Gasteiger partial charge in [-0.25, -0.2) is 0 Å². The molecule has 5 heteroatoms. The van der Waals surface area contributed by atoms with Crippen LogP contribution in [0, 0.1) is 6.92 Å². The molecule has 1 aromatic heterocycles. The summed E-state index contributed by atoms with van der Waals surface area (Å²) < 4.78 is 10.4. The largest absolute Gasteiger partial charge is 0.496 e. The van der Waals surface area contributed by atoms with Crippen molar-refractivity contribution >= 4 is 17.4 Å². The maximum absolute atomic E-state index is 5.99. The van der Waals surface area contributed by atoms with E-state index in [1.807, 2.05) is 13.0 Å². The van der Waals surface area contributed by atoms with Crippen molar-refractivity contribution in [3.8, 4) is 17.1 Å². The first-order valence-electron chi connectivity index (χ1n) is 4.68. The standard InChI is InChI=1S/C11H11ClN2O2/c1-6-3-7(12)4-8(11(6)15-2)9-5-10(13)14-16-9/h3-5H,1-2H3,(H2,13,14). The van der Waals surface area contributed by atoms with E-state index in [0.717, 1.165) is 11.1 Å². The van der Waals surface area contributed by atoms with Gasteiger partial charge in [-0.15, -0.1) is 0 Å². The molecule has 0 saturated heterocycles. The summed E-state index contributed by atoms with van der Waals surface area (Å²) in [6, 6.07) is 5.21. The summed E-state index contributed by atoms with van der Waals surface area (Å²) in [5.41, 5.74) is 7.18. The van der Waals surface area contributed by atoms with Gasteiger partial charge >= 0.3 is 0 Å². The van der Waals surface area contributed by atoms with E-state index in [1.54, 1.807) is 19.2 Å². The molecule has 2 aromatic rings. The molecule has 0 amide bonds. The lowest BCUT2D eigenvalue weighted by atomic mass is 10.1. The lowest BCUT2D eigenvalue weighted by Gasteiger charge is -2.09. The van der Waals surface area contributed by atoms with Gasteiger partial charge in [0, 0.05) is 11.1 Å². The summed E-state index contributed by atoms with van der Waals surface area (Å²) in [7, 11) is 1.60. The van der Waals surface area contributed by atoms with Crippen LogP contribution in [0.5, 0.6) is 5.75 Å². The monoisotopic (exact) mass is 238 g/mol. The maximum atomic E-state index is 5.99. The van der Waals surface area contributed by atoms with Crippen LogP contribution in [0.3, 0.4) is 0 Å². The van der Waals surface area contributed by atoms with Crippen LogP contribution in [0.15, 0.2) is 22.7 Å². The van der Waals surface area contributed by atoms with Gasteiger partial charge in [-0.1, -0.05) is 16.8 Å². The fourth-order valence-electron chi connectivity index (χ4n) is 1.60. The van der Waals surface area contributed by atoms with E-state index in [4.69, 9.17) is 26.6 Å². The number of aromatic nitrogens is 1. The number of aryl methyl sites for hydroxylation is 1. The van der Waals surface area contributed by atoms with Crippen LogP contribution in [0.1, 0.15) is 5.56 Å². The molecule has 0 aliphatic heterocycles. The van der Waals surface area contributed by atoms with Crippen LogP contribution in [0.25, 0.3) is 11.3 Å². The Hall–Kier alpha value is -1.68. The number of ether oxygens (including phenoxy) is 1. The molecule has 0 aliphatic rings. The Balaban J connectivity index is 2.63. The lowest BCUT2D eigenvalue weighted by Crippen LogP contribution is -1.91. The highest BCUT2D eigenvalue weighted by Crippen LogP contribution is 2.36. The Kier molecular flexibility index (Phi) is 2.75. The van der Waals surface area contributed by atoms with Gasteiger partial charge < -0.3 is 15.0 Å². The summed E-state index contributed by atoms with van der Waals surface area (Å²) in [5.74, 6) is 1.58. The average Bonchev–Trinajstić information content (AvgIpc) is 2.63. The van der Waals surface area contributed by atoms with Gasteiger partial charge in [0.1, 0.15) is 5.75 Å². The second kappa shape index (κ2) is 4.06. The number of anilines is 1. The number of nitrogens with zero attached hydrogens (tertiary/aromatic N) is 1. The Morgan fingerprint density at radius 3 is 2.69 bits per heavy atom. The molecule has 0 radical (unpaired) electrons. The Morgan fingerprint density at radius 2 is 2.12 bits per heavy atom. The molecule has 16 heavy (non-hydrogen) atoms. The zero-order valence-electron chi connectivity index (χ0n) is 8.95. The molecule has 84 valence electrons. The normalized spacial score (nSPS) is 10.4. The Labute approximate surface area is 97.9 Å². The van der Waals surface area contributed by atoms with Crippen molar-refractivity contribution in [3.63, 3.8) is 0 Å². The summed E-state index contributed by atoms with van der Waals surface area (Å²) in [4.78, 5) is 0. The molecule has 0 saturated carbocycles. The fraction of sp³-hybridized carbons (Fsp3) is 0.182. The quantitative estimate of drug-likeness (QED) is 0.874. The molecule has 0 bridgehead atoms. The highest BCUT2D eigenvalue weighted by Gasteiger charge is 2.14. The molecule has 0 unspecified atom stereocenters. The molecular formula is C11H11ClN2O2. The van der Waals surface area contributed by atoms with Crippen LogP contribution in [0.2, 0.25) is 5.02 Å². The van der Waals surface area contributed by atoms with Gasteiger partial charge in [0.2, 0.25) is 0 Å². The van der Waals surface area contributed by atoms with Crippen molar-refractivity contribution in [3.05, 3.63) is 28.8 Å². The number of rotatable bonds is 2. The van der Waals surface area contributed by atoms with E-state index in [9.17, 15) is 0 Å². The van der Waals surface area contributed by atoms with Crippen LogP contribution in [-0.2, 0) is 0 Å². The molecule has 0 spiro atoms. The molecule has 2 N–H and O–H groups in total. The first-order chi connectivity index (χ1) is 7.61. The fourth-order valence-corrected chi connectivity index (χ4v) is 1.87. The van der Waals surface area contributed by atoms with Crippen LogP contribution >= 0.6 is 11.6 Å². The number of nitrogen functional groups attached to an aromatic ring is 1. The van der Waals surface area contributed by atoms with Gasteiger partial charge in [0.15, 0.2) is 11.6 Å². The average molecular weight is 239 g/mol. The smallest absolute Gasteiger partial charge is 0.172 e. The molecule has 0 atom stereocenters. The van der Waals surface area contributed by atoms with Crippen LogP contribution < -0.4 is 10.5 Å². The van der Waals surface area contributed by atoms with E-state index >= 15 is 0 Å². The van der Waals surface area contributed by atoms with Gasteiger partial charge in [0.05, 0.1) is 12.7 Å². The first kappa shape index (κ1) is 10.8. The highest BCUT2D eigenvalue weighted by molar-refractivity contribution is 6.31. The summed E-state index contributed by atoms with van der Waals surface area (Å²) in [6.45, 7) is 1.91. The van der Waals surface area contributed by atoms with E-state index in [2.05, 4.69) is 5.16 Å². The molecule has 2 rings (SSSR count). The minimum atomic E-state index is 0.328. The number of hydrogen-bond donors (Lipinski definition) is 1. The molecule has 1 heterocycles. The second-order valence-electron chi connectivity index (χ2n) is 3.42. The van der Waals surface area contributed by atoms with E-state index in [0.29, 0.717) is 22.4 Å². The molecule has 1 aromatic carbocycles. The van der Waals surface area contributed by atoms with Gasteiger partial charge in [-0.2, -0.15) is 0 Å². The highest BCUT2D eigenvalue weighted by atomic mass is 35.5. The first-order valence-corrected chi connectivity index (χ1v) is 5.06. The SMILES string of the molecule is COc1c(C)cc(Cl)cc1-c1cc(N)no1. The summed E-state index contributed by atoms with van der Waals surface area (Å²) in [6.07, 6.45) is 0. The van der Waals surface area contributed by atoms with Crippen molar-refractivity contribution in [1.82, 2.24) is 5.16 Å². The maximum Gasteiger partial charge on any atom is 0.172 e. The predicted molar refractivity (Wildman–Crippen MR) is 62.7 cm³/mol. The van der Waals surface area contributed by atoms with E-state index < -0.39 is 0 Å². The molecule has 4 nitrogen and oxygen atoms in total. The third kappa shape index (κ3) is 1.84. The van der Waals surface area contributed by atoms with Gasteiger partial charge in [-0.3, -0.25) is 0 Å². The third-order valence-corrected chi connectivity index (χ3v) is 2.46. The number of hydrogen-bond acceptors (Lipinski definition) is 4. The summed E-state index contributed by atoms with van der Waals surface area (Å²) in [5, 5.41) is 4.25. The summed E-state index contributed by atoms with van der Waals surface area (Å²) >= 11 is 5.99. The van der Waals surface area contributed by atoms with Gasteiger partial charge in [-0.05, 0) is 24.6 Å². The van der Waals surface area contributed by atoms with Crippen LogP contribution in [0.4, 0.5) is 5.82 Å². The molecule has 0 fully saturated rings. The minimum absolute atomic E-state index is 0.328. The molecule has 0 aliphatic carbocycles. The van der Waals surface area contributed by atoms with Gasteiger partial charge in [0.25, 0.3) is 0 Å².